The molecule has 0 aliphatic rings. The van der Waals surface area contributed by atoms with E-state index in [2.05, 4.69) is 48.5 Å². The average molecular weight is 1330 g/mol. The summed E-state index contributed by atoms with van der Waals surface area (Å²) in [6.07, 6.45) is 45.8. The van der Waals surface area contributed by atoms with Crippen molar-refractivity contribution in [1.29, 1.82) is 0 Å². The summed E-state index contributed by atoms with van der Waals surface area (Å²) >= 11 is 0. The molecule has 0 aromatic heterocycles. The van der Waals surface area contributed by atoms with Gasteiger partial charge in [0.2, 0.25) is 0 Å². The lowest BCUT2D eigenvalue weighted by Gasteiger charge is -2.21. The molecular weight excluding hydrogens is 1190 g/mol. The highest BCUT2D eigenvalue weighted by molar-refractivity contribution is 7.47. The number of aliphatic hydroxyl groups is 1. The first-order chi connectivity index (χ1) is 43.3. The molecule has 534 valence electrons. The minimum atomic E-state index is -4.95. The second-order valence-corrected chi connectivity index (χ2v) is 29.7. The molecule has 3 unspecified atom stereocenters. The maximum Gasteiger partial charge on any atom is 0.472 e. The van der Waals surface area contributed by atoms with Gasteiger partial charge < -0.3 is 33.8 Å². The van der Waals surface area contributed by atoms with E-state index in [9.17, 15) is 43.2 Å². The summed E-state index contributed by atoms with van der Waals surface area (Å²) in [4.78, 5) is 72.6. The number of hydrogen-bond donors (Lipinski definition) is 3. The molecule has 0 aliphatic heterocycles. The average Bonchev–Trinajstić information content (AvgIpc) is 3.65. The molecular formula is C71H138O17P2. The predicted octanol–water partition coefficient (Wildman–Crippen LogP) is 20.2. The van der Waals surface area contributed by atoms with Crippen LogP contribution in [0.2, 0.25) is 0 Å². The maximum atomic E-state index is 13.0. The summed E-state index contributed by atoms with van der Waals surface area (Å²) in [6, 6.07) is 0. The van der Waals surface area contributed by atoms with Crippen LogP contribution in [0.3, 0.4) is 0 Å². The predicted molar refractivity (Wildman–Crippen MR) is 363 cm³/mol. The Morgan fingerprint density at radius 2 is 0.567 bits per heavy atom. The van der Waals surface area contributed by atoms with Crippen molar-refractivity contribution in [3.05, 3.63) is 0 Å². The fourth-order valence-corrected chi connectivity index (χ4v) is 12.3. The van der Waals surface area contributed by atoms with E-state index < -0.39 is 97.5 Å². The number of carbonyl (C=O) groups excluding carboxylic acids is 4. The van der Waals surface area contributed by atoms with E-state index in [1.165, 1.54) is 161 Å². The summed E-state index contributed by atoms with van der Waals surface area (Å²) in [5, 5.41) is 10.6. The molecule has 0 heterocycles. The van der Waals surface area contributed by atoms with Gasteiger partial charge in [-0.25, -0.2) is 9.13 Å². The Morgan fingerprint density at radius 3 is 0.844 bits per heavy atom. The Hall–Kier alpha value is -1.94. The van der Waals surface area contributed by atoms with Gasteiger partial charge in [-0.05, 0) is 43.4 Å². The molecule has 6 atom stereocenters. The third-order valence-corrected chi connectivity index (χ3v) is 18.6. The molecule has 0 aromatic carbocycles. The van der Waals surface area contributed by atoms with E-state index in [1.807, 2.05) is 0 Å². The van der Waals surface area contributed by atoms with Crippen molar-refractivity contribution in [2.75, 3.05) is 39.6 Å². The summed E-state index contributed by atoms with van der Waals surface area (Å²) in [6.45, 7) is 11.8. The van der Waals surface area contributed by atoms with Crippen LogP contribution in [-0.4, -0.2) is 96.7 Å². The molecule has 0 spiro atoms. The monoisotopic (exact) mass is 1320 g/mol. The van der Waals surface area contributed by atoms with E-state index in [1.54, 1.807) is 0 Å². The summed E-state index contributed by atoms with van der Waals surface area (Å²) in [5.74, 6) is 0.145. The molecule has 0 fully saturated rings. The zero-order chi connectivity index (χ0) is 66.6. The SMILES string of the molecule is CCCCCCCCCCCCCC(=O)O[C@H](COC(=O)CCCCCCCCC(C)CC)COP(=O)(O)OC[C@H](O)COP(=O)(O)OC[C@@H](COC(=O)CCCCCCCCCCCC(C)C)OC(=O)CCCCCCCCCCCCCCCCC(C)C. The Labute approximate surface area is 549 Å². The van der Waals surface area contributed by atoms with Gasteiger partial charge in [0.1, 0.15) is 19.3 Å². The molecule has 17 nitrogen and oxygen atoms in total. The summed E-state index contributed by atoms with van der Waals surface area (Å²) in [5.41, 5.74) is 0. The zero-order valence-electron chi connectivity index (χ0n) is 58.6. The minimum Gasteiger partial charge on any atom is -0.462 e. The fraction of sp³-hybridized carbons (Fsp3) is 0.944. The molecule has 0 aromatic rings. The van der Waals surface area contributed by atoms with Gasteiger partial charge in [-0.2, -0.15) is 0 Å². The molecule has 0 saturated carbocycles. The Morgan fingerprint density at radius 1 is 0.322 bits per heavy atom. The molecule has 0 radical (unpaired) electrons. The number of rotatable bonds is 69. The van der Waals surface area contributed by atoms with Crippen molar-refractivity contribution in [2.24, 2.45) is 17.8 Å². The number of phosphoric acid groups is 2. The van der Waals surface area contributed by atoms with Crippen molar-refractivity contribution in [1.82, 2.24) is 0 Å². The van der Waals surface area contributed by atoms with Gasteiger partial charge in [-0.1, -0.05) is 305 Å². The van der Waals surface area contributed by atoms with Crippen LogP contribution in [0.1, 0.15) is 357 Å². The zero-order valence-corrected chi connectivity index (χ0v) is 60.4. The van der Waals surface area contributed by atoms with E-state index in [4.69, 9.17) is 37.0 Å². The van der Waals surface area contributed by atoms with Crippen LogP contribution in [0.15, 0.2) is 0 Å². The first kappa shape index (κ1) is 88.1. The molecule has 3 N–H and O–H groups in total. The lowest BCUT2D eigenvalue weighted by Crippen LogP contribution is -2.30. The Balaban J connectivity index is 5.24. The molecule has 0 aliphatic carbocycles. The van der Waals surface area contributed by atoms with Crippen molar-refractivity contribution in [2.45, 2.75) is 375 Å². The van der Waals surface area contributed by atoms with Gasteiger partial charge in [0.25, 0.3) is 0 Å². The van der Waals surface area contributed by atoms with Crippen LogP contribution in [-0.2, 0) is 65.4 Å². The van der Waals surface area contributed by atoms with Crippen molar-refractivity contribution >= 4 is 39.5 Å². The van der Waals surface area contributed by atoms with Gasteiger partial charge in [0, 0.05) is 25.7 Å². The molecule has 19 heteroatoms. The van der Waals surface area contributed by atoms with Gasteiger partial charge in [0.05, 0.1) is 26.4 Å². The number of aliphatic hydroxyl groups excluding tert-OH is 1. The highest BCUT2D eigenvalue weighted by atomic mass is 31.2. The smallest absolute Gasteiger partial charge is 0.462 e. The number of hydrogen-bond acceptors (Lipinski definition) is 15. The highest BCUT2D eigenvalue weighted by Crippen LogP contribution is 2.45. The molecule has 0 bridgehead atoms. The standard InChI is InChI=1S/C71H138O17P2/c1-8-10-11-12-13-14-19-25-31-40-47-54-70(75)88-67(59-82-69(74)53-46-39-34-33-37-44-51-64(7)9-2)61-86-90(79,80)84-57-65(72)56-83-89(77,78)85-60-66(58-81-68(73)52-45-38-30-27-22-24-29-36-43-50-63(5)6)87-71(76)55-48-41-32-26-21-18-16-15-17-20-23-28-35-42-49-62(3)4/h62-67,72H,8-61H2,1-7H3,(H,77,78)(H,79,80)/t64?,65-,66-,67-/m1/s1. The fourth-order valence-electron chi connectivity index (χ4n) is 10.7. The largest absolute Gasteiger partial charge is 0.472 e. The molecule has 90 heavy (non-hydrogen) atoms. The van der Waals surface area contributed by atoms with E-state index in [0.717, 1.165) is 114 Å². The van der Waals surface area contributed by atoms with E-state index in [0.29, 0.717) is 25.7 Å². The number of unbranched alkanes of at least 4 members (excludes halogenated alkanes) is 36. The topological polar surface area (TPSA) is 237 Å². The number of carbonyl (C=O) groups is 4. The van der Waals surface area contributed by atoms with Crippen LogP contribution in [0.5, 0.6) is 0 Å². The number of phosphoric ester groups is 2. The highest BCUT2D eigenvalue weighted by Gasteiger charge is 2.30. The van der Waals surface area contributed by atoms with Crippen molar-refractivity contribution in [3.63, 3.8) is 0 Å². The minimum absolute atomic E-state index is 0.106. The number of ether oxygens (including phenoxy) is 4. The van der Waals surface area contributed by atoms with Crippen molar-refractivity contribution < 1.29 is 80.2 Å². The number of esters is 4. The first-order valence-electron chi connectivity index (χ1n) is 36.9. The summed E-state index contributed by atoms with van der Waals surface area (Å²) < 4.78 is 68.3. The van der Waals surface area contributed by atoms with Gasteiger partial charge in [-0.3, -0.25) is 37.3 Å². The summed E-state index contributed by atoms with van der Waals surface area (Å²) in [7, 11) is -9.90. The second kappa shape index (κ2) is 61.9. The van der Waals surface area contributed by atoms with Crippen LogP contribution >= 0.6 is 15.6 Å². The molecule has 0 amide bonds. The lowest BCUT2D eigenvalue weighted by atomic mass is 10.00. The normalized spacial score (nSPS) is 14.5. The van der Waals surface area contributed by atoms with Gasteiger partial charge in [-0.15, -0.1) is 0 Å². The third-order valence-electron chi connectivity index (χ3n) is 16.7. The first-order valence-corrected chi connectivity index (χ1v) is 39.9. The van der Waals surface area contributed by atoms with Gasteiger partial charge >= 0.3 is 39.5 Å². The quantitative estimate of drug-likeness (QED) is 0.0222. The van der Waals surface area contributed by atoms with Crippen LogP contribution in [0.25, 0.3) is 0 Å². The van der Waals surface area contributed by atoms with Crippen LogP contribution < -0.4 is 0 Å². The third kappa shape index (κ3) is 63.5. The van der Waals surface area contributed by atoms with Gasteiger partial charge in [0.15, 0.2) is 12.2 Å². The van der Waals surface area contributed by atoms with E-state index in [-0.39, 0.29) is 25.7 Å². The molecule has 0 rings (SSSR count). The lowest BCUT2D eigenvalue weighted by molar-refractivity contribution is -0.161. The van der Waals surface area contributed by atoms with E-state index >= 15 is 0 Å². The second-order valence-electron chi connectivity index (χ2n) is 26.8. The Bertz CT molecular complexity index is 1770. The van der Waals surface area contributed by atoms with Crippen molar-refractivity contribution in [3.8, 4) is 0 Å². The maximum absolute atomic E-state index is 13.0. The van der Waals surface area contributed by atoms with Crippen LogP contribution in [0.4, 0.5) is 0 Å². The molecule has 0 saturated heterocycles. The Kier molecular flexibility index (Phi) is 60.6. The van der Waals surface area contributed by atoms with Crippen LogP contribution in [0, 0.1) is 17.8 Å².